The smallest absolute Gasteiger partial charge is 0.253 e. The first-order valence-electron chi connectivity index (χ1n) is 9.88. The Morgan fingerprint density at radius 3 is 2.38 bits per heavy atom. The Labute approximate surface area is 156 Å². The molecule has 1 aromatic carbocycles. The van der Waals surface area contributed by atoms with Gasteiger partial charge in [0.15, 0.2) is 0 Å². The number of carbonyl (C=O) groups excluding carboxylic acids is 2. The Balaban J connectivity index is 1.57. The summed E-state index contributed by atoms with van der Waals surface area (Å²) in [5.74, 6) is 0.929. The topological polar surface area (TPSA) is 52.7 Å². The van der Waals surface area contributed by atoms with Crippen molar-refractivity contribution in [3.8, 4) is 0 Å². The molecule has 5 nitrogen and oxygen atoms in total. The number of benzene rings is 1. The molecule has 0 aliphatic carbocycles. The Kier molecular flexibility index (Phi) is 6.30. The number of hydrogen-bond acceptors (Lipinski definition) is 3. The molecule has 0 radical (unpaired) electrons. The first-order chi connectivity index (χ1) is 12.6. The second kappa shape index (κ2) is 8.67. The summed E-state index contributed by atoms with van der Waals surface area (Å²) in [4.78, 5) is 29.6. The Hall–Kier alpha value is -1.88. The lowest BCUT2D eigenvalue weighted by Crippen LogP contribution is -2.49. The molecular weight excluding hydrogens is 326 g/mol. The zero-order valence-corrected chi connectivity index (χ0v) is 16.0. The average molecular weight is 357 g/mol. The summed E-state index contributed by atoms with van der Waals surface area (Å²) in [5.41, 5.74) is 1.87. The van der Waals surface area contributed by atoms with E-state index in [1.165, 1.54) is 0 Å². The zero-order valence-electron chi connectivity index (χ0n) is 16.0. The maximum atomic E-state index is 12.9. The minimum atomic E-state index is -0.0426. The van der Waals surface area contributed by atoms with Crippen LogP contribution < -0.4 is 5.32 Å². The van der Waals surface area contributed by atoms with Crippen LogP contribution in [0, 0.1) is 18.8 Å². The quantitative estimate of drug-likeness (QED) is 0.900. The van der Waals surface area contributed by atoms with Crippen molar-refractivity contribution in [3.63, 3.8) is 0 Å². The maximum Gasteiger partial charge on any atom is 0.253 e. The van der Waals surface area contributed by atoms with Crippen LogP contribution in [0.2, 0.25) is 0 Å². The monoisotopic (exact) mass is 357 g/mol. The highest BCUT2D eigenvalue weighted by atomic mass is 16.2. The molecule has 1 aromatic rings. The molecule has 2 amide bonds. The van der Waals surface area contributed by atoms with Crippen molar-refractivity contribution < 1.29 is 9.59 Å². The third-order valence-electron chi connectivity index (χ3n) is 5.78. The molecule has 2 saturated heterocycles. The summed E-state index contributed by atoms with van der Waals surface area (Å²) >= 11 is 0. The van der Waals surface area contributed by atoms with E-state index in [9.17, 15) is 9.59 Å². The number of piperidine rings is 2. The lowest BCUT2D eigenvalue weighted by Gasteiger charge is -2.38. The summed E-state index contributed by atoms with van der Waals surface area (Å²) in [7, 11) is 1.99. The van der Waals surface area contributed by atoms with Gasteiger partial charge in [0.2, 0.25) is 5.91 Å². The van der Waals surface area contributed by atoms with Gasteiger partial charge in [-0.05, 0) is 64.3 Å². The van der Waals surface area contributed by atoms with Gasteiger partial charge in [0.25, 0.3) is 5.91 Å². The van der Waals surface area contributed by atoms with Crippen molar-refractivity contribution in [2.24, 2.45) is 11.8 Å². The average Bonchev–Trinajstić information content (AvgIpc) is 2.68. The van der Waals surface area contributed by atoms with Gasteiger partial charge in [-0.3, -0.25) is 9.59 Å². The number of amides is 2. The minimum Gasteiger partial charge on any atom is -0.342 e. The predicted molar refractivity (Wildman–Crippen MR) is 103 cm³/mol. The van der Waals surface area contributed by atoms with Gasteiger partial charge in [0.05, 0.1) is 5.92 Å². The maximum absolute atomic E-state index is 12.9. The van der Waals surface area contributed by atoms with Crippen LogP contribution in [0.1, 0.15) is 41.6 Å². The highest BCUT2D eigenvalue weighted by molar-refractivity contribution is 5.94. The zero-order chi connectivity index (χ0) is 18.5. The molecule has 26 heavy (non-hydrogen) atoms. The normalized spacial score (nSPS) is 21.7. The molecule has 2 heterocycles. The predicted octanol–water partition coefficient (Wildman–Crippen LogP) is 2.31. The largest absolute Gasteiger partial charge is 0.342 e. The van der Waals surface area contributed by atoms with Gasteiger partial charge in [-0.1, -0.05) is 17.7 Å². The van der Waals surface area contributed by atoms with Gasteiger partial charge in [-0.15, -0.1) is 0 Å². The molecule has 1 unspecified atom stereocenters. The molecule has 0 saturated carbocycles. The van der Waals surface area contributed by atoms with Crippen LogP contribution in [-0.4, -0.2) is 61.4 Å². The van der Waals surface area contributed by atoms with E-state index >= 15 is 0 Å². The highest BCUT2D eigenvalue weighted by Crippen LogP contribution is 2.24. The summed E-state index contributed by atoms with van der Waals surface area (Å²) in [6, 6.07) is 7.70. The Morgan fingerprint density at radius 1 is 1.04 bits per heavy atom. The molecule has 0 bridgehead atoms. The van der Waals surface area contributed by atoms with Gasteiger partial charge >= 0.3 is 0 Å². The first kappa shape index (κ1) is 18.9. The Bertz CT molecular complexity index is 621. The first-order valence-corrected chi connectivity index (χ1v) is 9.88. The van der Waals surface area contributed by atoms with E-state index in [1.54, 1.807) is 0 Å². The number of hydrogen-bond donors (Lipinski definition) is 1. The molecular formula is C21H31N3O2. The van der Waals surface area contributed by atoms with Crippen molar-refractivity contribution in [2.45, 2.75) is 32.6 Å². The molecule has 2 aliphatic heterocycles. The minimum absolute atomic E-state index is 0.0426. The molecule has 2 aliphatic rings. The van der Waals surface area contributed by atoms with Crippen LogP contribution in [0.15, 0.2) is 24.3 Å². The number of carbonyl (C=O) groups is 2. The fourth-order valence-corrected chi connectivity index (χ4v) is 4.15. The lowest BCUT2D eigenvalue weighted by molar-refractivity contribution is -0.138. The van der Waals surface area contributed by atoms with Crippen LogP contribution in [0.3, 0.4) is 0 Å². The van der Waals surface area contributed by atoms with Crippen molar-refractivity contribution in [1.29, 1.82) is 0 Å². The summed E-state index contributed by atoms with van der Waals surface area (Å²) in [6.45, 7) is 6.07. The second-order valence-corrected chi connectivity index (χ2v) is 7.78. The molecule has 5 heteroatoms. The number of rotatable bonds is 4. The van der Waals surface area contributed by atoms with Gasteiger partial charge in [0, 0.05) is 31.7 Å². The highest BCUT2D eigenvalue weighted by Gasteiger charge is 2.33. The summed E-state index contributed by atoms with van der Waals surface area (Å²) < 4.78 is 0. The standard InChI is InChI=1S/C21H31N3O2/c1-16-5-7-18(8-6-16)20(25)24-11-3-4-19(15-24)21(26)23-12-9-17(10-13-23)14-22-2/h5-8,17,19,22H,3-4,9-15H2,1-2H3. The van der Waals surface area contributed by atoms with E-state index in [1.807, 2.05) is 48.0 Å². The SMILES string of the molecule is CNCC1CCN(C(=O)C2CCCN(C(=O)c3ccc(C)cc3)C2)CC1. The number of nitrogens with zero attached hydrogens (tertiary/aromatic N) is 2. The molecule has 3 rings (SSSR count). The summed E-state index contributed by atoms with van der Waals surface area (Å²) in [5, 5.41) is 3.23. The molecule has 0 spiro atoms. The summed E-state index contributed by atoms with van der Waals surface area (Å²) in [6.07, 6.45) is 3.95. The number of nitrogens with one attached hydrogen (secondary N) is 1. The van der Waals surface area contributed by atoms with E-state index in [2.05, 4.69) is 5.32 Å². The van der Waals surface area contributed by atoms with E-state index in [0.29, 0.717) is 12.5 Å². The van der Waals surface area contributed by atoms with Crippen molar-refractivity contribution in [3.05, 3.63) is 35.4 Å². The van der Waals surface area contributed by atoms with E-state index in [0.717, 1.165) is 63.0 Å². The van der Waals surface area contributed by atoms with Crippen LogP contribution in [0.5, 0.6) is 0 Å². The van der Waals surface area contributed by atoms with Gasteiger partial charge < -0.3 is 15.1 Å². The van der Waals surface area contributed by atoms with Crippen molar-refractivity contribution in [1.82, 2.24) is 15.1 Å². The van der Waals surface area contributed by atoms with Gasteiger partial charge in [0.1, 0.15) is 0 Å². The third kappa shape index (κ3) is 4.44. The van der Waals surface area contributed by atoms with E-state index in [-0.39, 0.29) is 17.7 Å². The molecule has 1 atom stereocenters. The number of likely N-dealkylation sites (tertiary alicyclic amines) is 2. The fourth-order valence-electron chi connectivity index (χ4n) is 4.15. The van der Waals surface area contributed by atoms with Crippen LogP contribution in [0.4, 0.5) is 0 Å². The van der Waals surface area contributed by atoms with E-state index in [4.69, 9.17) is 0 Å². The van der Waals surface area contributed by atoms with Crippen molar-refractivity contribution in [2.75, 3.05) is 39.8 Å². The van der Waals surface area contributed by atoms with Crippen LogP contribution in [-0.2, 0) is 4.79 Å². The van der Waals surface area contributed by atoms with Gasteiger partial charge in [-0.2, -0.15) is 0 Å². The number of aryl methyl sites for hydroxylation is 1. The van der Waals surface area contributed by atoms with Crippen LogP contribution in [0.25, 0.3) is 0 Å². The van der Waals surface area contributed by atoms with Crippen LogP contribution >= 0.6 is 0 Å². The molecule has 2 fully saturated rings. The second-order valence-electron chi connectivity index (χ2n) is 7.78. The van der Waals surface area contributed by atoms with Crippen molar-refractivity contribution >= 4 is 11.8 Å². The molecule has 1 N–H and O–H groups in total. The van der Waals surface area contributed by atoms with Gasteiger partial charge in [-0.25, -0.2) is 0 Å². The Morgan fingerprint density at radius 2 is 1.73 bits per heavy atom. The molecule has 142 valence electrons. The third-order valence-corrected chi connectivity index (χ3v) is 5.78. The van der Waals surface area contributed by atoms with E-state index < -0.39 is 0 Å². The lowest BCUT2D eigenvalue weighted by atomic mass is 9.92. The fraction of sp³-hybridized carbons (Fsp3) is 0.619. The molecule has 0 aromatic heterocycles.